The summed E-state index contributed by atoms with van der Waals surface area (Å²) >= 11 is 1.59. The lowest BCUT2D eigenvalue weighted by atomic mass is 10.0. The molecule has 0 fully saturated rings. The number of nitrogens with one attached hydrogen (secondary N) is 1. The maximum atomic E-state index is 9.53. The summed E-state index contributed by atoms with van der Waals surface area (Å²) in [5.74, 6) is 1.60. The summed E-state index contributed by atoms with van der Waals surface area (Å²) < 4.78 is 5.51. The van der Waals surface area contributed by atoms with E-state index in [-0.39, 0.29) is 6.61 Å². The molecule has 2 heterocycles. The maximum Gasteiger partial charge on any atom is 0.139 e. The number of hydrogen-bond acceptors (Lipinski definition) is 6. The quantitative estimate of drug-likeness (QED) is 0.709. The van der Waals surface area contributed by atoms with E-state index < -0.39 is 5.54 Å². The Morgan fingerprint density at radius 3 is 2.62 bits per heavy atom. The molecule has 0 aliphatic carbocycles. The van der Waals surface area contributed by atoms with Crippen LogP contribution in [-0.2, 0) is 0 Å². The number of rotatable bonds is 6. The van der Waals surface area contributed by atoms with Crippen molar-refractivity contribution in [3.63, 3.8) is 0 Å². The van der Waals surface area contributed by atoms with Crippen LogP contribution in [0.3, 0.4) is 0 Å². The third-order valence-electron chi connectivity index (χ3n) is 3.70. The molecule has 2 aromatic heterocycles. The van der Waals surface area contributed by atoms with Gasteiger partial charge in [0.25, 0.3) is 0 Å². The number of hydrogen-bond donors (Lipinski definition) is 2. The highest BCUT2D eigenvalue weighted by molar-refractivity contribution is 7.17. The average molecular weight is 343 g/mol. The Hall–Kier alpha value is -2.18. The fourth-order valence-electron chi connectivity index (χ4n) is 2.44. The van der Waals surface area contributed by atoms with E-state index in [9.17, 15) is 5.11 Å². The molecule has 5 nitrogen and oxygen atoms in total. The molecule has 24 heavy (non-hydrogen) atoms. The van der Waals surface area contributed by atoms with Crippen LogP contribution in [-0.4, -0.2) is 33.8 Å². The van der Waals surface area contributed by atoms with Crippen LogP contribution in [0.15, 0.2) is 36.0 Å². The molecule has 0 unspecified atom stereocenters. The van der Waals surface area contributed by atoms with Gasteiger partial charge in [-0.05, 0) is 38.5 Å². The van der Waals surface area contributed by atoms with Gasteiger partial charge in [-0.15, -0.1) is 11.3 Å². The fraction of sp³-hybridized carbons (Fsp3) is 0.333. The van der Waals surface area contributed by atoms with Crippen molar-refractivity contribution >= 4 is 27.4 Å². The van der Waals surface area contributed by atoms with Crippen molar-refractivity contribution in [2.24, 2.45) is 0 Å². The molecule has 3 aromatic rings. The van der Waals surface area contributed by atoms with Gasteiger partial charge in [0, 0.05) is 10.9 Å². The van der Waals surface area contributed by atoms with Crippen molar-refractivity contribution in [3.8, 4) is 16.9 Å². The molecule has 0 bridgehead atoms. The van der Waals surface area contributed by atoms with E-state index in [1.165, 1.54) is 0 Å². The van der Waals surface area contributed by atoms with Crippen molar-refractivity contribution in [2.45, 2.75) is 26.3 Å². The summed E-state index contributed by atoms with van der Waals surface area (Å²) in [6.45, 7) is 6.51. The topological polar surface area (TPSA) is 67.3 Å². The van der Waals surface area contributed by atoms with Gasteiger partial charge in [-0.2, -0.15) is 0 Å². The zero-order valence-corrected chi connectivity index (χ0v) is 14.9. The molecule has 0 saturated carbocycles. The number of fused-ring (bicyclic) bond motifs is 1. The highest BCUT2D eigenvalue weighted by Gasteiger charge is 2.20. The van der Waals surface area contributed by atoms with Crippen molar-refractivity contribution < 1.29 is 9.84 Å². The van der Waals surface area contributed by atoms with E-state index in [2.05, 4.69) is 20.7 Å². The van der Waals surface area contributed by atoms with Crippen molar-refractivity contribution in [1.82, 2.24) is 9.97 Å². The Labute approximate surface area is 145 Å². The molecule has 0 spiro atoms. The van der Waals surface area contributed by atoms with Gasteiger partial charge >= 0.3 is 0 Å². The minimum atomic E-state index is -0.459. The summed E-state index contributed by atoms with van der Waals surface area (Å²) in [5.41, 5.74) is 1.71. The van der Waals surface area contributed by atoms with Gasteiger partial charge in [-0.3, -0.25) is 0 Å². The lowest BCUT2D eigenvalue weighted by molar-refractivity contribution is 0.234. The number of aliphatic hydroxyl groups excluding tert-OH is 1. The lowest BCUT2D eigenvalue weighted by Crippen LogP contribution is -2.35. The summed E-state index contributed by atoms with van der Waals surface area (Å²) in [4.78, 5) is 9.69. The number of anilines is 1. The van der Waals surface area contributed by atoms with Crippen LogP contribution in [0.25, 0.3) is 21.3 Å². The first-order chi connectivity index (χ1) is 11.5. The smallest absolute Gasteiger partial charge is 0.139 e. The molecule has 6 heteroatoms. The van der Waals surface area contributed by atoms with Crippen LogP contribution in [0.2, 0.25) is 0 Å². The van der Waals surface area contributed by atoms with E-state index in [0.29, 0.717) is 6.61 Å². The molecule has 0 atom stereocenters. The number of aromatic nitrogens is 2. The first kappa shape index (κ1) is 16.7. The molecule has 1 aromatic carbocycles. The van der Waals surface area contributed by atoms with Gasteiger partial charge in [0.05, 0.1) is 24.1 Å². The second kappa shape index (κ2) is 6.75. The zero-order chi connectivity index (χ0) is 17.2. The SMILES string of the molecule is CCOc1ccc(-c2csc3ncnc(NC(C)(C)CO)c23)cc1. The molecule has 2 N–H and O–H groups in total. The molecule has 126 valence electrons. The average Bonchev–Trinajstić information content (AvgIpc) is 3.01. The minimum absolute atomic E-state index is 0.0149. The second-order valence-corrected chi connectivity index (χ2v) is 7.03. The predicted octanol–water partition coefficient (Wildman–Crippen LogP) is 3.94. The number of thiophene rings is 1. The van der Waals surface area contributed by atoms with E-state index in [1.54, 1.807) is 17.7 Å². The second-order valence-electron chi connectivity index (χ2n) is 6.18. The van der Waals surface area contributed by atoms with Crippen molar-refractivity contribution in [2.75, 3.05) is 18.5 Å². The molecular weight excluding hydrogens is 322 g/mol. The van der Waals surface area contributed by atoms with E-state index >= 15 is 0 Å². The van der Waals surface area contributed by atoms with Crippen LogP contribution in [0, 0.1) is 0 Å². The standard InChI is InChI=1S/C18H21N3O2S/c1-4-23-13-7-5-12(6-8-13)14-9-24-17-15(14)16(19-11-20-17)21-18(2,3)10-22/h5-9,11,22H,4,10H2,1-3H3,(H,19,20,21). The Kier molecular flexibility index (Phi) is 4.69. The van der Waals surface area contributed by atoms with Crippen LogP contribution < -0.4 is 10.1 Å². The van der Waals surface area contributed by atoms with Gasteiger partial charge in [-0.25, -0.2) is 9.97 Å². The molecule has 0 aliphatic heterocycles. The number of nitrogens with zero attached hydrogens (tertiary/aromatic N) is 2. The third-order valence-corrected chi connectivity index (χ3v) is 4.58. The molecule has 3 rings (SSSR count). The Balaban J connectivity index is 2.05. The van der Waals surface area contributed by atoms with E-state index in [4.69, 9.17) is 4.74 Å². The number of benzene rings is 1. The number of aliphatic hydroxyl groups is 1. The van der Waals surface area contributed by atoms with Crippen molar-refractivity contribution in [3.05, 3.63) is 36.0 Å². The van der Waals surface area contributed by atoms with E-state index in [1.807, 2.05) is 45.0 Å². The summed E-state index contributed by atoms with van der Waals surface area (Å²) in [6, 6.07) is 8.02. The number of ether oxygens (including phenoxy) is 1. The highest BCUT2D eigenvalue weighted by atomic mass is 32.1. The Morgan fingerprint density at radius 2 is 1.96 bits per heavy atom. The van der Waals surface area contributed by atoms with Crippen molar-refractivity contribution in [1.29, 1.82) is 0 Å². The van der Waals surface area contributed by atoms with Gasteiger partial charge in [-0.1, -0.05) is 12.1 Å². The summed E-state index contributed by atoms with van der Waals surface area (Å²) in [5, 5.41) is 15.9. The van der Waals surface area contributed by atoms with Crippen LogP contribution in [0.5, 0.6) is 5.75 Å². The maximum absolute atomic E-state index is 9.53. The van der Waals surface area contributed by atoms with Crippen LogP contribution >= 0.6 is 11.3 Å². The molecule has 0 saturated heterocycles. The molecule has 0 amide bonds. The van der Waals surface area contributed by atoms with Crippen LogP contribution in [0.1, 0.15) is 20.8 Å². The molecular formula is C18H21N3O2S. The summed E-state index contributed by atoms with van der Waals surface area (Å²) in [7, 11) is 0. The van der Waals surface area contributed by atoms with Crippen LogP contribution in [0.4, 0.5) is 5.82 Å². The molecule has 0 aliphatic rings. The lowest BCUT2D eigenvalue weighted by Gasteiger charge is -2.24. The largest absolute Gasteiger partial charge is 0.494 e. The predicted molar refractivity (Wildman–Crippen MR) is 98.8 cm³/mol. The van der Waals surface area contributed by atoms with Gasteiger partial charge < -0.3 is 15.2 Å². The van der Waals surface area contributed by atoms with Gasteiger partial charge in [0.1, 0.15) is 22.7 Å². The first-order valence-corrected chi connectivity index (χ1v) is 8.76. The zero-order valence-electron chi connectivity index (χ0n) is 14.0. The normalized spacial score (nSPS) is 11.7. The Bertz CT molecular complexity index is 828. The summed E-state index contributed by atoms with van der Waals surface area (Å²) in [6.07, 6.45) is 1.55. The van der Waals surface area contributed by atoms with Gasteiger partial charge in [0.15, 0.2) is 0 Å². The molecule has 0 radical (unpaired) electrons. The third kappa shape index (κ3) is 3.34. The van der Waals surface area contributed by atoms with E-state index in [0.717, 1.165) is 32.9 Å². The fourth-order valence-corrected chi connectivity index (χ4v) is 3.36. The first-order valence-electron chi connectivity index (χ1n) is 7.88. The highest BCUT2D eigenvalue weighted by Crippen LogP contribution is 2.37. The van der Waals surface area contributed by atoms with Gasteiger partial charge in [0.2, 0.25) is 0 Å². The Morgan fingerprint density at radius 1 is 1.21 bits per heavy atom. The minimum Gasteiger partial charge on any atom is -0.494 e. The monoisotopic (exact) mass is 343 g/mol.